The zero-order chi connectivity index (χ0) is 13.7. The van der Waals surface area contributed by atoms with Crippen LogP contribution in [-0.4, -0.2) is 43.2 Å². The average molecular weight is 263 g/mol. The molecule has 0 radical (unpaired) electrons. The molecule has 0 spiro atoms. The second-order valence-corrected chi connectivity index (χ2v) is 5.35. The first-order valence-corrected chi connectivity index (χ1v) is 7.22. The molecule has 5 nitrogen and oxygen atoms in total. The smallest absolute Gasteiger partial charge is 0.134 e. The van der Waals surface area contributed by atoms with Gasteiger partial charge in [0.15, 0.2) is 0 Å². The summed E-state index contributed by atoms with van der Waals surface area (Å²) in [6, 6.07) is 2.09. The molecule has 1 aromatic rings. The van der Waals surface area contributed by atoms with E-state index in [2.05, 4.69) is 39.8 Å². The van der Waals surface area contributed by atoms with Gasteiger partial charge in [0.25, 0.3) is 0 Å². The predicted octanol–water partition coefficient (Wildman–Crippen LogP) is 1.50. The van der Waals surface area contributed by atoms with Gasteiger partial charge in [-0.05, 0) is 25.3 Å². The van der Waals surface area contributed by atoms with Crippen LogP contribution in [0.3, 0.4) is 0 Å². The van der Waals surface area contributed by atoms with Gasteiger partial charge < -0.3 is 15.5 Å². The van der Waals surface area contributed by atoms with E-state index in [1.54, 1.807) is 6.33 Å². The molecular formula is C14H25N5. The summed E-state index contributed by atoms with van der Waals surface area (Å²) in [5.41, 5.74) is 5.74. The summed E-state index contributed by atoms with van der Waals surface area (Å²) >= 11 is 0. The van der Waals surface area contributed by atoms with E-state index >= 15 is 0 Å². The van der Waals surface area contributed by atoms with Gasteiger partial charge in [-0.25, -0.2) is 9.97 Å². The Morgan fingerprint density at radius 2 is 2.32 bits per heavy atom. The number of unbranched alkanes of at least 4 members (excludes halogenated alkanes) is 1. The van der Waals surface area contributed by atoms with Gasteiger partial charge in [0.05, 0.1) is 0 Å². The van der Waals surface area contributed by atoms with Crippen molar-refractivity contribution in [3.8, 4) is 0 Å². The monoisotopic (exact) mass is 263 g/mol. The van der Waals surface area contributed by atoms with E-state index in [4.69, 9.17) is 5.73 Å². The molecule has 0 saturated carbocycles. The molecule has 1 aliphatic rings. The second-order valence-electron chi connectivity index (χ2n) is 5.35. The van der Waals surface area contributed by atoms with Crippen molar-refractivity contribution in [3.05, 3.63) is 12.4 Å². The number of aromatic nitrogens is 2. The fourth-order valence-electron chi connectivity index (χ4n) is 2.46. The summed E-state index contributed by atoms with van der Waals surface area (Å²) in [6.45, 7) is 6.09. The van der Waals surface area contributed by atoms with Gasteiger partial charge in [-0.3, -0.25) is 0 Å². The third kappa shape index (κ3) is 3.56. The largest absolute Gasteiger partial charge is 0.360 e. The van der Waals surface area contributed by atoms with Crippen LogP contribution in [0.25, 0.3) is 0 Å². The van der Waals surface area contributed by atoms with E-state index in [9.17, 15) is 0 Å². The van der Waals surface area contributed by atoms with Crippen LogP contribution in [0.4, 0.5) is 11.6 Å². The fourth-order valence-corrected chi connectivity index (χ4v) is 2.46. The summed E-state index contributed by atoms with van der Waals surface area (Å²) in [6.07, 6.45) is 5.23. The molecule has 0 aliphatic carbocycles. The number of hydrogen-bond acceptors (Lipinski definition) is 5. The lowest BCUT2D eigenvalue weighted by Crippen LogP contribution is -2.25. The number of hydrogen-bond donors (Lipinski definition) is 1. The highest BCUT2D eigenvalue weighted by molar-refractivity contribution is 5.50. The molecule has 19 heavy (non-hydrogen) atoms. The van der Waals surface area contributed by atoms with E-state index in [-0.39, 0.29) is 0 Å². The Bertz CT molecular complexity index is 395. The lowest BCUT2D eigenvalue weighted by molar-refractivity contribution is 0.602. The van der Waals surface area contributed by atoms with Gasteiger partial charge >= 0.3 is 0 Å². The Morgan fingerprint density at radius 1 is 1.47 bits per heavy atom. The summed E-state index contributed by atoms with van der Waals surface area (Å²) < 4.78 is 0. The third-order valence-electron chi connectivity index (χ3n) is 3.82. The van der Waals surface area contributed by atoms with Gasteiger partial charge in [-0.2, -0.15) is 0 Å². The lowest BCUT2D eigenvalue weighted by atomic mass is 10.1. The Kier molecular flexibility index (Phi) is 4.96. The summed E-state index contributed by atoms with van der Waals surface area (Å²) in [5.74, 6) is 2.65. The van der Waals surface area contributed by atoms with Crippen molar-refractivity contribution in [1.29, 1.82) is 0 Å². The highest BCUT2D eigenvalue weighted by Gasteiger charge is 2.22. The second kappa shape index (κ2) is 6.70. The van der Waals surface area contributed by atoms with Gasteiger partial charge in [0.2, 0.25) is 0 Å². The molecule has 0 aromatic carbocycles. The molecule has 1 saturated heterocycles. The van der Waals surface area contributed by atoms with E-state index in [0.29, 0.717) is 5.92 Å². The number of anilines is 2. The standard InChI is InChI=1S/C14H25N5/c1-3-4-6-18(2)13-8-14(17-11-16-13)19-7-5-12(9-15)10-19/h8,11-12H,3-7,9-10,15H2,1-2H3. The van der Waals surface area contributed by atoms with Crippen LogP contribution in [0.2, 0.25) is 0 Å². The van der Waals surface area contributed by atoms with Crippen LogP contribution in [0.15, 0.2) is 12.4 Å². The molecular weight excluding hydrogens is 238 g/mol. The van der Waals surface area contributed by atoms with Crippen molar-refractivity contribution < 1.29 is 0 Å². The fraction of sp³-hybridized carbons (Fsp3) is 0.714. The Labute approximate surface area is 115 Å². The molecule has 2 rings (SSSR count). The van der Waals surface area contributed by atoms with Crippen LogP contribution < -0.4 is 15.5 Å². The first-order chi connectivity index (χ1) is 9.24. The Balaban J connectivity index is 2.03. The average Bonchev–Trinajstić information content (AvgIpc) is 2.94. The predicted molar refractivity (Wildman–Crippen MR) is 79.6 cm³/mol. The van der Waals surface area contributed by atoms with Gasteiger partial charge in [0, 0.05) is 32.7 Å². The van der Waals surface area contributed by atoms with Gasteiger partial charge in [0.1, 0.15) is 18.0 Å². The van der Waals surface area contributed by atoms with Crippen molar-refractivity contribution in [2.24, 2.45) is 11.7 Å². The highest BCUT2D eigenvalue weighted by atomic mass is 15.2. The molecule has 1 fully saturated rings. The topological polar surface area (TPSA) is 58.3 Å². The van der Waals surface area contributed by atoms with Crippen molar-refractivity contribution in [1.82, 2.24) is 9.97 Å². The van der Waals surface area contributed by atoms with Crippen LogP contribution in [0.1, 0.15) is 26.2 Å². The SMILES string of the molecule is CCCCN(C)c1cc(N2CCC(CN)C2)ncn1. The van der Waals surface area contributed by atoms with Crippen LogP contribution in [0, 0.1) is 5.92 Å². The maximum absolute atomic E-state index is 5.74. The normalized spacial score (nSPS) is 18.9. The Hall–Kier alpha value is -1.36. The van der Waals surface area contributed by atoms with Crippen molar-refractivity contribution in [2.75, 3.05) is 43.0 Å². The highest BCUT2D eigenvalue weighted by Crippen LogP contribution is 2.23. The van der Waals surface area contributed by atoms with Crippen molar-refractivity contribution in [2.45, 2.75) is 26.2 Å². The van der Waals surface area contributed by atoms with E-state index in [0.717, 1.165) is 37.8 Å². The van der Waals surface area contributed by atoms with E-state index in [1.165, 1.54) is 19.3 Å². The maximum atomic E-state index is 5.74. The lowest BCUT2D eigenvalue weighted by Gasteiger charge is -2.21. The van der Waals surface area contributed by atoms with Crippen molar-refractivity contribution in [3.63, 3.8) is 0 Å². The molecule has 0 bridgehead atoms. The maximum Gasteiger partial charge on any atom is 0.134 e. The first kappa shape index (κ1) is 14.1. The van der Waals surface area contributed by atoms with Gasteiger partial charge in [-0.15, -0.1) is 0 Å². The van der Waals surface area contributed by atoms with Crippen LogP contribution in [-0.2, 0) is 0 Å². The zero-order valence-electron chi connectivity index (χ0n) is 12.0. The summed E-state index contributed by atoms with van der Waals surface area (Å²) in [4.78, 5) is 13.3. The van der Waals surface area contributed by atoms with E-state index in [1.807, 2.05) is 0 Å². The molecule has 106 valence electrons. The van der Waals surface area contributed by atoms with Crippen molar-refractivity contribution >= 4 is 11.6 Å². The molecule has 1 aromatic heterocycles. The number of rotatable bonds is 6. The summed E-state index contributed by atoms with van der Waals surface area (Å²) in [5, 5.41) is 0. The quantitative estimate of drug-likeness (QED) is 0.843. The zero-order valence-corrected chi connectivity index (χ0v) is 12.0. The molecule has 2 N–H and O–H groups in total. The minimum atomic E-state index is 0.608. The minimum absolute atomic E-state index is 0.608. The molecule has 1 unspecified atom stereocenters. The molecule has 0 amide bonds. The molecule has 2 heterocycles. The Morgan fingerprint density at radius 3 is 3.00 bits per heavy atom. The molecule has 1 aliphatic heterocycles. The molecule has 1 atom stereocenters. The molecule has 5 heteroatoms. The van der Waals surface area contributed by atoms with E-state index < -0.39 is 0 Å². The number of nitrogens with two attached hydrogens (primary N) is 1. The van der Waals surface area contributed by atoms with Gasteiger partial charge in [-0.1, -0.05) is 13.3 Å². The van der Waals surface area contributed by atoms with Crippen LogP contribution >= 0.6 is 0 Å². The third-order valence-corrected chi connectivity index (χ3v) is 3.82. The van der Waals surface area contributed by atoms with Crippen LogP contribution in [0.5, 0.6) is 0 Å². The minimum Gasteiger partial charge on any atom is -0.360 e. The summed E-state index contributed by atoms with van der Waals surface area (Å²) in [7, 11) is 2.09. The first-order valence-electron chi connectivity index (χ1n) is 7.22. The number of nitrogens with zero attached hydrogens (tertiary/aromatic N) is 4.